The molecule has 1 heterocycles. The van der Waals surface area contributed by atoms with Gasteiger partial charge in [-0.25, -0.2) is 0 Å². The average Bonchev–Trinajstić information content (AvgIpc) is 2.56. The molecule has 1 fully saturated rings. The molecule has 1 aliphatic rings. The maximum atomic E-state index is 12.1. The molecule has 3 heteroatoms. The van der Waals surface area contributed by atoms with Crippen molar-refractivity contribution < 1.29 is 4.79 Å². The second-order valence-electron chi connectivity index (χ2n) is 6.25. The highest BCUT2D eigenvalue weighted by atomic mass is 16.2. The fraction of sp³-hybridized carbons (Fsp3) is 0.933. The number of amides is 1. The van der Waals surface area contributed by atoms with E-state index in [1.807, 2.05) is 0 Å². The van der Waals surface area contributed by atoms with Gasteiger partial charge in [0, 0.05) is 6.54 Å². The fourth-order valence-electron chi connectivity index (χ4n) is 2.84. The van der Waals surface area contributed by atoms with E-state index in [1.165, 1.54) is 19.3 Å². The van der Waals surface area contributed by atoms with Crippen molar-refractivity contribution in [2.75, 3.05) is 13.1 Å². The Kier molecular flexibility index (Phi) is 6.69. The van der Waals surface area contributed by atoms with Crippen molar-refractivity contribution in [3.8, 4) is 0 Å². The van der Waals surface area contributed by atoms with Crippen LogP contribution in [0.4, 0.5) is 0 Å². The zero-order valence-electron chi connectivity index (χ0n) is 12.5. The van der Waals surface area contributed by atoms with Crippen LogP contribution in [-0.2, 0) is 4.79 Å². The molecule has 1 unspecified atom stereocenters. The van der Waals surface area contributed by atoms with Gasteiger partial charge in [0.2, 0.25) is 5.91 Å². The minimum atomic E-state index is 0.0347. The molecule has 0 aliphatic carbocycles. The van der Waals surface area contributed by atoms with Crippen molar-refractivity contribution in [2.24, 2.45) is 17.8 Å². The predicted octanol–water partition coefficient (Wildman–Crippen LogP) is 2.56. The van der Waals surface area contributed by atoms with Crippen molar-refractivity contribution in [1.29, 1.82) is 0 Å². The molecular weight excluding hydrogens is 224 g/mol. The molecule has 1 rings (SSSR count). The van der Waals surface area contributed by atoms with Gasteiger partial charge in [-0.05, 0) is 37.1 Å². The Hall–Kier alpha value is -0.570. The van der Waals surface area contributed by atoms with Crippen molar-refractivity contribution in [2.45, 2.75) is 59.4 Å². The van der Waals surface area contributed by atoms with Crippen LogP contribution >= 0.6 is 0 Å². The lowest BCUT2D eigenvalue weighted by atomic mass is 9.85. The number of hydrogen-bond donors (Lipinski definition) is 2. The molecule has 0 aromatic heterocycles. The molecule has 1 amide bonds. The zero-order chi connectivity index (χ0) is 13.5. The van der Waals surface area contributed by atoms with Crippen LogP contribution in [0.15, 0.2) is 0 Å². The second kappa shape index (κ2) is 7.78. The van der Waals surface area contributed by atoms with Gasteiger partial charge in [-0.15, -0.1) is 0 Å². The van der Waals surface area contributed by atoms with E-state index in [-0.39, 0.29) is 11.9 Å². The molecule has 0 aromatic rings. The smallest absolute Gasteiger partial charge is 0.237 e. The molecule has 0 radical (unpaired) electrons. The van der Waals surface area contributed by atoms with E-state index in [9.17, 15) is 4.79 Å². The first-order valence-electron chi connectivity index (χ1n) is 7.53. The molecule has 1 atom stereocenters. The lowest BCUT2D eigenvalue weighted by Gasteiger charge is -2.26. The number of rotatable bonds is 5. The Morgan fingerprint density at radius 3 is 2.44 bits per heavy atom. The van der Waals surface area contributed by atoms with Gasteiger partial charge >= 0.3 is 0 Å². The maximum Gasteiger partial charge on any atom is 0.237 e. The quantitative estimate of drug-likeness (QED) is 0.791. The normalized spacial score (nSPS) is 21.4. The molecule has 0 spiro atoms. The molecule has 0 bridgehead atoms. The van der Waals surface area contributed by atoms with Gasteiger partial charge in [0.1, 0.15) is 0 Å². The summed E-state index contributed by atoms with van der Waals surface area (Å²) in [4.78, 5) is 12.1. The molecule has 0 aromatic carbocycles. The van der Waals surface area contributed by atoms with E-state index in [0.717, 1.165) is 19.5 Å². The molecule has 106 valence electrons. The van der Waals surface area contributed by atoms with Crippen LogP contribution in [0.3, 0.4) is 0 Å². The third kappa shape index (κ3) is 4.97. The van der Waals surface area contributed by atoms with Gasteiger partial charge < -0.3 is 10.6 Å². The number of carbonyl (C=O) groups excluding carboxylic acids is 1. The molecule has 1 aliphatic heterocycles. The Labute approximate surface area is 112 Å². The van der Waals surface area contributed by atoms with Gasteiger partial charge in [0.15, 0.2) is 0 Å². The summed E-state index contributed by atoms with van der Waals surface area (Å²) < 4.78 is 0. The monoisotopic (exact) mass is 254 g/mol. The highest BCUT2D eigenvalue weighted by Crippen LogP contribution is 2.19. The topological polar surface area (TPSA) is 41.1 Å². The average molecular weight is 254 g/mol. The number of nitrogens with one attached hydrogen (secondary N) is 2. The van der Waals surface area contributed by atoms with Gasteiger partial charge in [-0.1, -0.05) is 40.5 Å². The van der Waals surface area contributed by atoms with E-state index >= 15 is 0 Å². The summed E-state index contributed by atoms with van der Waals surface area (Å²) in [5.74, 6) is 2.00. The molecular formula is C15H30N2O. The third-order valence-corrected chi connectivity index (χ3v) is 4.10. The first-order valence-corrected chi connectivity index (χ1v) is 7.53. The Morgan fingerprint density at radius 2 is 1.83 bits per heavy atom. The largest absolute Gasteiger partial charge is 0.354 e. The van der Waals surface area contributed by atoms with E-state index in [1.54, 1.807) is 0 Å². The first kappa shape index (κ1) is 15.5. The Balaban J connectivity index is 2.38. The van der Waals surface area contributed by atoms with E-state index in [0.29, 0.717) is 17.8 Å². The van der Waals surface area contributed by atoms with Crippen LogP contribution < -0.4 is 10.6 Å². The lowest BCUT2D eigenvalue weighted by Crippen LogP contribution is -2.46. The predicted molar refractivity (Wildman–Crippen MR) is 76.4 cm³/mol. The summed E-state index contributed by atoms with van der Waals surface area (Å²) in [6.45, 7) is 10.7. The maximum absolute atomic E-state index is 12.1. The van der Waals surface area contributed by atoms with E-state index < -0.39 is 0 Å². The van der Waals surface area contributed by atoms with Gasteiger partial charge in [0.25, 0.3) is 0 Å². The summed E-state index contributed by atoms with van der Waals surface area (Å²) in [7, 11) is 0. The highest BCUT2D eigenvalue weighted by Gasteiger charge is 2.22. The minimum absolute atomic E-state index is 0.0347. The van der Waals surface area contributed by atoms with Crippen molar-refractivity contribution >= 4 is 5.91 Å². The first-order chi connectivity index (χ1) is 8.52. The van der Waals surface area contributed by atoms with Crippen LogP contribution in [-0.4, -0.2) is 25.0 Å². The van der Waals surface area contributed by atoms with Gasteiger partial charge in [0.05, 0.1) is 6.04 Å². The third-order valence-electron chi connectivity index (χ3n) is 4.10. The van der Waals surface area contributed by atoms with Crippen molar-refractivity contribution in [1.82, 2.24) is 10.6 Å². The SMILES string of the molecule is CC(C)C(CNC(=O)C1CCCCCN1)C(C)C. The van der Waals surface area contributed by atoms with Crippen LogP contribution in [0, 0.1) is 17.8 Å². The molecule has 1 saturated heterocycles. The van der Waals surface area contributed by atoms with E-state index in [2.05, 4.69) is 38.3 Å². The molecule has 2 N–H and O–H groups in total. The fourth-order valence-corrected chi connectivity index (χ4v) is 2.84. The second-order valence-corrected chi connectivity index (χ2v) is 6.25. The summed E-state index contributed by atoms with van der Waals surface area (Å²) >= 11 is 0. The summed E-state index contributed by atoms with van der Waals surface area (Å²) in [5.41, 5.74) is 0. The summed E-state index contributed by atoms with van der Waals surface area (Å²) in [6.07, 6.45) is 4.60. The zero-order valence-corrected chi connectivity index (χ0v) is 12.5. The Bertz CT molecular complexity index is 235. The molecule has 0 saturated carbocycles. The lowest BCUT2D eigenvalue weighted by molar-refractivity contribution is -0.123. The van der Waals surface area contributed by atoms with Gasteiger partial charge in [-0.2, -0.15) is 0 Å². The molecule has 3 nitrogen and oxygen atoms in total. The van der Waals surface area contributed by atoms with Crippen LogP contribution in [0.5, 0.6) is 0 Å². The molecule has 18 heavy (non-hydrogen) atoms. The van der Waals surface area contributed by atoms with Crippen molar-refractivity contribution in [3.05, 3.63) is 0 Å². The minimum Gasteiger partial charge on any atom is -0.354 e. The van der Waals surface area contributed by atoms with Crippen molar-refractivity contribution in [3.63, 3.8) is 0 Å². The standard InChI is InChI=1S/C15H30N2O/c1-11(2)13(12(3)4)10-17-15(18)14-8-6-5-7-9-16-14/h11-14,16H,5-10H2,1-4H3,(H,17,18). The Morgan fingerprint density at radius 1 is 1.17 bits per heavy atom. The number of hydrogen-bond acceptors (Lipinski definition) is 2. The highest BCUT2D eigenvalue weighted by molar-refractivity contribution is 5.81. The van der Waals surface area contributed by atoms with E-state index in [4.69, 9.17) is 0 Å². The van der Waals surface area contributed by atoms with Crippen LogP contribution in [0.2, 0.25) is 0 Å². The number of carbonyl (C=O) groups is 1. The summed E-state index contributed by atoms with van der Waals surface area (Å²) in [5, 5.41) is 6.49. The van der Waals surface area contributed by atoms with Crippen LogP contribution in [0.1, 0.15) is 53.4 Å². The van der Waals surface area contributed by atoms with Crippen LogP contribution in [0.25, 0.3) is 0 Å². The summed E-state index contributed by atoms with van der Waals surface area (Å²) in [6, 6.07) is 0.0347. The van der Waals surface area contributed by atoms with Gasteiger partial charge in [-0.3, -0.25) is 4.79 Å².